The molecule has 0 saturated carbocycles. The summed E-state index contributed by atoms with van der Waals surface area (Å²) in [6.45, 7) is 11.3. The molecule has 0 bridgehead atoms. The maximum absolute atomic E-state index is 4.36. The summed E-state index contributed by atoms with van der Waals surface area (Å²) in [6, 6.07) is 11.2. The summed E-state index contributed by atoms with van der Waals surface area (Å²) in [7, 11) is -1.28. The van der Waals surface area contributed by atoms with Gasteiger partial charge in [-0.3, -0.25) is 0 Å². The quantitative estimate of drug-likeness (QED) is 0.103. The zero-order valence-corrected chi connectivity index (χ0v) is 24.3. The van der Waals surface area contributed by atoms with Gasteiger partial charge < -0.3 is 0 Å². The van der Waals surface area contributed by atoms with Gasteiger partial charge in [0.2, 0.25) is 0 Å². The number of nitrogens with zero attached hydrogens (tertiary/aromatic N) is 1. The molecule has 1 aromatic carbocycles. The van der Waals surface area contributed by atoms with E-state index in [1.165, 1.54) is 140 Å². The minimum absolute atomic E-state index is 1.28. The van der Waals surface area contributed by atoms with Gasteiger partial charge in [-0.15, -0.1) is 0 Å². The molecule has 0 aliphatic heterocycles. The molecule has 2 heteroatoms. The first-order chi connectivity index (χ1) is 16.7. The highest BCUT2D eigenvalue weighted by molar-refractivity contribution is 7.77. The van der Waals surface area contributed by atoms with Gasteiger partial charge in [0.25, 0.3) is 0 Å². The lowest BCUT2D eigenvalue weighted by atomic mass is 10.1. The van der Waals surface area contributed by atoms with Gasteiger partial charge in [0, 0.05) is 6.20 Å². The number of unbranched alkanes of at least 4 members (excludes halogenated alkanes) is 15. The predicted molar refractivity (Wildman–Crippen MR) is 161 cm³/mol. The van der Waals surface area contributed by atoms with Gasteiger partial charge in [0.1, 0.15) is 7.41 Å². The van der Waals surface area contributed by atoms with Crippen molar-refractivity contribution in [1.82, 2.24) is 0 Å². The Bertz CT molecular complexity index is 529. The molecular weight excluding hydrogens is 429 g/mol. The Kier molecular flexibility index (Phi) is 19.7. The average molecular weight is 489 g/mol. The van der Waals surface area contributed by atoms with E-state index in [-0.39, 0.29) is 0 Å². The van der Waals surface area contributed by atoms with E-state index in [0.717, 1.165) is 0 Å². The van der Waals surface area contributed by atoms with Crippen LogP contribution >= 0.6 is 7.41 Å². The highest BCUT2D eigenvalue weighted by atomic mass is 31.2. The number of para-hydroxylation sites is 1. The minimum Gasteiger partial charge on any atom is -0.227 e. The van der Waals surface area contributed by atoms with Crippen LogP contribution < -0.4 is 4.67 Å². The second kappa shape index (κ2) is 21.5. The summed E-state index contributed by atoms with van der Waals surface area (Å²) in [6.07, 6.45) is 31.6. The number of hydrogen-bond acceptors (Lipinski definition) is 1. The Labute approximate surface area is 215 Å². The minimum atomic E-state index is -1.28. The van der Waals surface area contributed by atoms with Crippen molar-refractivity contribution in [3.8, 4) is 0 Å². The summed E-state index contributed by atoms with van der Waals surface area (Å²) < 4.78 is 2.71. The highest BCUT2D eigenvalue weighted by Gasteiger charge is 2.42. The molecule has 0 fully saturated rings. The summed E-state index contributed by atoms with van der Waals surface area (Å²) in [4.78, 5) is 0. The van der Waals surface area contributed by atoms with Crippen LogP contribution in [0.2, 0.25) is 0 Å². The fraction of sp³-hybridized carbons (Fsp3) is 0.750. The molecule has 0 N–H and O–H groups in total. The van der Waals surface area contributed by atoms with Crippen molar-refractivity contribution in [1.29, 1.82) is 0 Å². The van der Waals surface area contributed by atoms with E-state index in [4.69, 9.17) is 0 Å². The van der Waals surface area contributed by atoms with Crippen LogP contribution in [0, 0.1) is 0 Å². The standard InChI is InChI=1S/C32H59NP/c1-5-9-12-15-18-24-29-34(30-25-19-16-13-10-6-2,31-26-20-17-14-11-7-3)33(8-4)32-27-22-21-23-28-32/h8,21-23,27-28H,4-7,9-20,24-26,29-31H2,1-3H3/q+1. The number of benzene rings is 1. The SMILES string of the molecule is C=CN(c1ccccc1)[P+](CCCCCCCC)(CCCCCCCC)CCCCCCCC. The van der Waals surface area contributed by atoms with Gasteiger partial charge in [0.15, 0.2) is 0 Å². The first-order valence-corrected chi connectivity index (χ1v) is 17.4. The van der Waals surface area contributed by atoms with Crippen molar-refractivity contribution >= 4 is 13.1 Å². The fourth-order valence-electron chi connectivity index (χ4n) is 5.32. The van der Waals surface area contributed by atoms with E-state index in [1.807, 2.05) is 0 Å². The van der Waals surface area contributed by atoms with Crippen LogP contribution in [0.5, 0.6) is 0 Å². The van der Waals surface area contributed by atoms with Crippen LogP contribution in [0.3, 0.4) is 0 Å². The van der Waals surface area contributed by atoms with E-state index in [9.17, 15) is 0 Å². The molecule has 0 heterocycles. The molecule has 0 radical (unpaired) electrons. The zero-order chi connectivity index (χ0) is 24.7. The number of anilines is 1. The zero-order valence-electron chi connectivity index (χ0n) is 23.4. The Morgan fingerprint density at radius 2 is 0.912 bits per heavy atom. The third kappa shape index (κ3) is 13.3. The molecule has 0 atom stereocenters. The van der Waals surface area contributed by atoms with Crippen molar-refractivity contribution in [3.05, 3.63) is 43.1 Å². The topological polar surface area (TPSA) is 3.24 Å². The Hall–Kier alpha value is -0.810. The summed E-state index contributed by atoms with van der Waals surface area (Å²) >= 11 is 0. The molecule has 34 heavy (non-hydrogen) atoms. The maximum Gasteiger partial charge on any atom is 0.110 e. The molecule has 0 spiro atoms. The van der Waals surface area contributed by atoms with Crippen molar-refractivity contribution in [3.63, 3.8) is 0 Å². The highest BCUT2D eigenvalue weighted by Crippen LogP contribution is 2.65. The molecular formula is C32H59NP+. The van der Waals surface area contributed by atoms with Gasteiger partial charge in [0.05, 0.1) is 24.2 Å². The fourth-order valence-corrected chi connectivity index (χ4v) is 10.0. The second-order valence-electron chi connectivity index (χ2n) is 10.4. The lowest BCUT2D eigenvalue weighted by molar-refractivity contribution is 0.615. The van der Waals surface area contributed by atoms with Gasteiger partial charge >= 0.3 is 0 Å². The lowest BCUT2D eigenvalue weighted by Gasteiger charge is -2.37. The number of hydrogen-bond donors (Lipinski definition) is 0. The third-order valence-corrected chi connectivity index (χ3v) is 12.2. The van der Waals surface area contributed by atoms with E-state index in [0.29, 0.717) is 0 Å². The van der Waals surface area contributed by atoms with Crippen LogP contribution in [0.1, 0.15) is 136 Å². The maximum atomic E-state index is 4.36. The van der Waals surface area contributed by atoms with Crippen LogP contribution in [0.15, 0.2) is 43.1 Å². The molecule has 1 aromatic rings. The smallest absolute Gasteiger partial charge is 0.110 e. The summed E-state index contributed by atoms with van der Waals surface area (Å²) in [5.74, 6) is 0. The summed E-state index contributed by atoms with van der Waals surface area (Å²) in [5, 5.41) is 0. The van der Waals surface area contributed by atoms with Crippen LogP contribution in [0.4, 0.5) is 5.69 Å². The van der Waals surface area contributed by atoms with Crippen molar-refractivity contribution < 1.29 is 0 Å². The van der Waals surface area contributed by atoms with Crippen LogP contribution in [-0.2, 0) is 0 Å². The molecule has 196 valence electrons. The molecule has 0 amide bonds. The van der Waals surface area contributed by atoms with E-state index in [1.54, 1.807) is 0 Å². The van der Waals surface area contributed by atoms with Gasteiger partial charge in [-0.05, 0) is 50.7 Å². The second-order valence-corrected chi connectivity index (χ2v) is 14.4. The molecule has 0 aliphatic carbocycles. The van der Waals surface area contributed by atoms with E-state index < -0.39 is 7.41 Å². The van der Waals surface area contributed by atoms with Crippen molar-refractivity contribution in [2.75, 3.05) is 23.2 Å². The monoisotopic (exact) mass is 488 g/mol. The molecule has 0 aromatic heterocycles. The first kappa shape index (κ1) is 31.2. The molecule has 0 unspecified atom stereocenters. The molecule has 0 aliphatic rings. The first-order valence-electron chi connectivity index (χ1n) is 15.1. The largest absolute Gasteiger partial charge is 0.227 e. The van der Waals surface area contributed by atoms with Gasteiger partial charge in [-0.1, -0.05) is 123 Å². The Morgan fingerprint density at radius 3 is 1.26 bits per heavy atom. The van der Waals surface area contributed by atoms with Gasteiger partial charge in [-0.25, -0.2) is 4.67 Å². The normalized spacial score (nSPS) is 11.6. The van der Waals surface area contributed by atoms with E-state index >= 15 is 0 Å². The Balaban J connectivity index is 2.93. The number of rotatable bonds is 24. The van der Waals surface area contributed by atoms with Gasteiger partial charge in [-0.2, -0.15) is 0 Å². The average Bonchev–Trinajstić information content (AvgIpc) is 2.86. The molecule has 0 saturated heterocycles. The van der Waals surface area contributed by atoms with Crippen molar-refractivity contribution in [2.45, 2.75) is 136 Å². The van der Waals surface area contributed by atoms with Crippen molar-refractivity contribution in [2.24, 2.45) is 0 Å². The predicted octanol–water partition coefficient (Wildman–Crippen LogP) is 11.7. The van der Waals surface area contributed by atoms with Crippen LogP contribution in [-0.4, -0.2) is 18.5 Å². The molecule has 1 nitrogen and oxygen atoms in total. The third-order valence-electron chi connectivity index (χ3n) is 7.43. The van der Waals surface area contributed by atoms with Crippen LogP contribution in [0.25, 0.3) is 0 Å². The summed E-state index contributed by atoms with van der Waals surface area (Å²) in [5.41, 5.74) is 1.38. The lowest BCUT2D eigenvalue weighted by Crippen LogP contribution is -2.26. The van der Waals surface area contributed by atoms with E-state index in [2.05, 4.69) is 68.6 Å². The molecule has 1 rings (SSSR count). The Morgan fingerprint density at radius 1 is 0.559 bits per heavy atom.